The fourth-order valence-electron chi connectivity index (χ4n) is 2.70. The molecule has 0 spiro atoms. The quantitative estimate of drug-likeness (QED) is 0.464. The molecule has 2 heterocycles. The van der Waals surface area contributed by atoms with E-state index < -0.39 is 5.82 Å². The minimum absolute atomic E-state index is 0.0488. The van der Waals surface area contributed by atoms with E-state index in [1.54, 1.807) is 48.7 Å². The molecule has 28 heavy (non-hydrogen) atoms. The number of aromatic nitrogens is 2. The smallest absolute Gasteiger partial charge is 0.270 e. The van der Waals surface area contributed by atoms with Crippen LogP contribution in [-0.4, -0.2) is 22.5 Å². The number of hydrogen-bond donors (Lipinski definition) is 1. The number of nitrogens with zero attached hydrogens (tertiary/aromatic N) is 2. The number of carbonyl (C=O) groups excluding carboxylic acids is 1. The number of nitrogens with one attached hydrogen (secondary N) is 1. The van der Waals surface area contributed by atoms with Gasteiger partial charge in [0.2, 0.25) is 0 Å². The molecule has 1 N–H and O–H groups in total. The monoisotopic (exact) mass is 379 g/mol. The molecule has 0 saturated heterocycles. The summed E-state index contributed by atoms with van der Waals surface area (Å²) in [5.41, 5.74) is 1.97. The lowest BCUT2D eigenvalue weighted by Gasteiger charge is -2.11. The van der Waals surface area contributed by atoms with Crippen LogP contribution in [0.5, 0.6) is 5.75 Å². The third kappa shape index (κ3) is 4.91. The van der Waals surface area contributed by atoms with Crippen molar-refractivity contribution < 1.29 is 13.9 Å². The third-order valence-electron chi connectivity index (χ3n) is 4.18. The highest BCUT2D eigenvalue weighted by Crippen LogP contribution is 2.21. The van der Waals surface area contributed by atoms with E-state index in [2.05, 4.69) is 15.3 Å². The largest absolute Gasteiger partial charge is 0.490 e. The third-order valence-corrected chi connectivity index (χ3v) is 4.18. The fraction of sp³-hybridized carbons (Fsp3) is 0.227. The SMILES string of the molecule is CC=CCCCOc1cccc(CNC(=O)c2ccc3ncccc3n2)c1F. The Morgan fingerprint density at radius 2 is 2.07 bits per heavy atom. The number of fused-ring (bicyclic) bond motifs is 1. The maximum atomic E-state index is 14.6. The molecule has 2 aromatic heterocycles. The van der Waals surface area contributed by atoms with E-state index in [0.29, 0.717) is 23.2 Å². The van der Waals surface area contributed by atoms with Gasteiger partial charge in [0.1, 0.15) is 5.69 Å². The van der Waals surface area contributed by atoms with E-state index in [1.165, 1.54) is 0 Å². The summed E-state index contributed by atoms with van der Waals surface area (Å²) in [6.07, 6.45) is 7.39. The van der Waals surface area contributed by atoms with Crippen LogP contribution in [0.25, 0.3) is 11.0 Å². The number of rotatable bonds is 8. The Labute approximate surface area is 163 Å². The Balaban J connectivity index is 1.61. The first kappa shape index (κ1) is 19.5. The number of pyridine rings is 2. The lowest BCUT2D eigenvalue weighted by molar-refractivity contribution is 0.0946. The molecule has 0 aliphatic heterocycles. The van der Waals surface area contributed by atoms with Crippen LogP contribution in [0.2, 0.25) is 0 Å². The van der Waals surface area contributed by atoms with Crippen molar-refractivity contribution in [2.45, 2.75) is 26.3 Å². The van der Waals surface area contributed by atoms with E-state index in [9.17, 15) is 9.18 Å². The molecule has 0 fully saturated rings. The van der Waals surface area contributed by atoms with Gasteiger partial charge in [0.15, 0.2) is 11.6 Å². The van der Waals surface area contributed by atoms with Gasteiger partial charge in [-0.1, -0.05) is 24.3 Å². The molecule has 0 aliphatic carbocycles. The highest BCUT2D eigenvalue weighted by atomic mass is 19.1. The number of hydrogen-bond acceptors (Lipinski definition) is 4. The maximum Gasteiger partial charge on any atom is 0.270 e. The number of allylic oxidation sites excluding steroid dienone is 2. The summed E-state index contributed by atoms with van der Waals surface area (Å²) in [7, 11) is 0. The predicted molar refractivity (Wildman–Crippen MR) is 107 cm³/mol. The summed E-state index contributed by atoms with van der Waals surface area (Å²) >= 11 is 0. The van der Waals surface area contributed by atoms with Crippen LogP contribution in [0.1, 0.15) is 35.8 Å². The number of halogens is 1. The topological polar surface area (TPSA) is 64.1 Å². The Kier molecular flexibility index (Phi) is 6.68. The van der Waals surface area contributed by atoms with Gasteiger partial charge in [-0.2, -0.15) is 0 Å². The van der Waals surface area contributed by atoms with Crippen molar-refractivity contribution >= 4 is 16.9 Å². The molecule has 1 aromatic carbocycles. The lowest BCUT2D eigenvalue weighted by Crippen LogP contribution is -2.24. The minimum Gasteiger partial charge on any atom is -0.490 e. The normalized spacial score (nSPS) is 11.1. The molecule has 0 unspecified atom stereocenters. The first-order valence-corrected chi connectivity index (χ1v) is 9.20. The van der Waals surface area contributed by atoms with Crippen LogP contribution in [0.4, 0.5) is 4.39 Å². The molecule has 0 saturated carbocycles. The zero-order valence-electron chi connectivity index (χ0n) is 15.7. The second kappa shape index (κ2) is 9.60. The summed E-state index contributed by atoms with van der Waals surface area (Å²) in [5.74, 6) is -0.630. The molecular weight excluding hydrogens is 357 g/mol. The molecule has 1 amide bonds. The second-order valence-electron chi connectivity index (χ2n) is 6.21. The summed E-state index contributed by atoms with van der Waals surface area (Å²) in [5, 5.41) is 2.71. The zero-order chi connectivity index (χ0) is 19.8. The number of ether oxygens (including phenoxy) is 1. The van der Waals surface area contributed by atoms with Gasteiger partial charge in [-0.25, -0.2) is 9.37 Å². The first-order valence-electron chi connectivity index (χ1n) is 9.20. The van der Waals surface area contributed by atoms with Gasteiger partial charge in [0, 0.05) is 18.3 Å². The standard InChI is InChI=1S/C22H22FN3O2/c1-2-3-4-5-14-28-20-10-6-8-16(21(20)23)15-25-22(27)19-12-11-17-18(26-19)9-7-13-24-17/h2-3,6-13H,4-5,14-15H2,1H3,(H,25,27). The average Bonchev–Trinajstić information content (AvgIpc) is 2.73. The number of carbonyl (C=O) groups is 1. The van der Waals surface area contributed by atoms with Crippen LogP contribution < -0.4 is 10.1 Å². The first-order chi connectivity index (χ1) is 13.7. The molecule has 5 nitrogen and oxygen atoms in total. The van der Waals surface area contributed by atoms with Crippen molar-refractivity contribution in [3.63, 3.8) is 0 Å². The highest BCUT2D eigenvalue weighted by molar-refractivity contribution is 5.94. The Hall–Kier alpha value is -3.28. The van der Waals surface area contributed by atoms with Crippen LogP contribution in [0.15, 0.2) is 60.8 Å². The molecule has 0 bridgehead atoms. The van der Waals surface area contributed by atoms with Gasteiger partial charge in [-0.05, 0) is 50.1 Å². The van der Waals surface area contributed by atoms with Crippen molar-refractivity contribution in [1.82, 2.24) is 15.3 Å². The molecule has 0 aliphatic rings. The molecule has 0 atom stereocenters. The van der Waals surface area contributed by atoms with Crippen LogP contribution >= 0.6 is 0 Å². The molecular formula is C22H22FN3O2. The highest BCUT2D eigenvalue weighted by Gasteiger charge is 2.12. The van der Waals surface area contributed by atoms with E-state index in [0.717, 1.165) is 12.8 Å². The Morgan fingerprint density at radius 1 is 1.18 bits per heavy atom. The van der Waals surface area contributed by atoms with E-state index in [4.69, 9.17) is 4.74 Å². The molecule has 0 radical (unpaired) electrons. The molecule has 144 valence electrons. The van der Waals surface area contributed by atoms with Crippen LogP contribution in [-0.2, 0) is 6.54 Å². The number of amides is 1. The van der Waals surface area contributed by atoms with Gasteiger partial charge in [0.25, 0.3) is 5.91 Å². The fourth-order valence-corrected chi connectivity index (χ4v) is 2.70. The second-order valence-corrected chi connectivity index (χ2v) is 6.21. The summed E-state index contributed by atoms with van der Waals surface area (Å²) < 4.78 is 20.1. The number of unbranched alkanes of at least 4 members (excludes halogenated alkanes) is 1. The zero-order valence-corrected chi connectivity index (χ0v) is 15.7. The summed E-state index contributed by atoms with van der Waals surface area (Å²) in [6, 6.07) is 11.8. The molecule has 3 aromatic rings. The molecule has 3 rings (SSSR count). The van der Waals surface area contributed by atoms with Gasteiger partial charge in [-0.3, -0.25) is 9.78 Å². The summed E-state index contributed by atoms with van der Waals surface area (Å²) in [4.78, 5) is 20.8. The van der Waals surface area contributed by atoms with Gasteiger partial charge < -0.3 is 10.1 Å². The number of benzene rings is 1. The molecule has 6 heteroatoms. The van der Waals surface area contributed by atoms with Crippen molar-refractivity contribution in [3.8, 4) is 5.75 Å². The van der Waals surface area contributed by atoms with E-state index >= 15 is 0 Å². The maximum absolute atomic E-state index is 14.6. The Bertz CT molecular complexity index is 988. The Morgan fingerprint density at radius 3 is 2.93 bits per heavy atom. The average molecular weight is 379 g/mol. The van der Waals surface area contributed by atoms with Crippen LogP contribution in [0.3, 0.4) is 0 Å². The lowest BCUT2D eigenvalue weighted by atomic mass is 10.2. The van der Waals surface area contributed by atoms with Crippen molar-refractivity contribution in [2.24, 2.45) is 0 Å². The van der Waals surface area contributed by atoms with Gasteiger partial charge in [-0.15, -0.1) is 0 Å². The summed E-state index contributed by atoms with van der Waals surface area (Å²) in [6.45, 7) is 2.45. The van der Waals surface area contributed by atoms with Crippen LogP contribution in [0, 0.1) is 5.82 Å². The predicted octanol–water partition coefficient (Wildman–Crippen LogP) is 4.43. The van der Waals surface area contributed by atoms with Crippen molar-refractivity contribution in [3.05, 3.63) is 77.9 Å². The van der Waals surface area contributed by atoms with Crippen molar-refractivity contribution in [2.75, 3.05) is 6.61 Å². The van der Waals surface area contributed by atoms with Gasteiger partial charge in [0.05, 0.1) is 17.6 Å². The van der Waals surface area contributed by atoms with E-state index in [-0.39, 0.29) is 23.9 Å². The van der Waals surface area contributed by atoms with Gasteiger partial charge >= 0.3 is 0 Å². The van der Waals surface area contributed by atoms with Crippen molar-refractivity contribution in [1.29, 1.82) is 0 Å². The van der Waals surface area contributed by atoms with E-state index in [1.807, 2.05) is 19.1 Å². The minimum atomic E-state index is -0.454.